The monoisotopic (exact) mass is 292 g/mol. The van der Waals surface area contributed by atoms with E-state index in [4.69, 9.17) is 4.74 Å². The van der Waals surface area contributed by atoms with Crippen molar-refractivity contribution in [3.63, 3.8) is 0 Å². The molecule has 0 unspecified atom stereocenters. The molecule has 0 aliphatic heterocycles. The summed E-state index contributed by atoms with van der Waals surface area (Å²) < 4.78 is 5.73. The fraction of sp³-hybridized carbons (Fsp3) is 0.722. The summed E-state index contributed by atoms with van der Waals surface area (Å²) in [5.74, 6) is 0.884. The van der Waals surface area contributed by atoms with E-state index in [1.165, 1.54) is 38.5 Å². The fourth-order valence-corrected chi connectivity index (χ4v) is 2.16. The van der Waals surface area contributed by atoms with E-state index in [1.807, 2.05) is 18.3 Å². The second-order valence-corrected chi connectivity index (χ2v) is 5.99. The number of pyridine rings is 1. The van der Waals surface area contributed by atoms with Gasteiger partial charge in [-0.25, -0.2) is 0 Å². The molecule has 1 heterocycles. The van der Waals surface area contributed by atoms with Gasteiger partial charge >= 0.3 is 0 Å². The number of hydrogen-bond donors (Lipinski definition) is 1. The van der Waals surface area contributed by atoms with Crippen molar-refractivity contribution in [1.82, 2.24) is 10.3 Å². The van der Waals surface area contributed by atoms with E-state index < -0.39 is 0 Å². The van der Waals surface area contributed by atoms with Gasteiger partial charge in [-0.2, -0.15) is 0 Å². The quantitative estimate of drug-likeness (QED) is 0.567. The Labute approximate surface area is 130 Å². The molecule has 1 aromatic rings. The molecule has 21 heavy (non-hydrogen) atoms. The second-order valence-electron chi connectivity index (χ2n) is 5.99. The van der Waals surface area contributed by atoms with Crippen LogP contribution >= 0.6 is 0 Å². The van der Waals surface area contributed by atoms with Crippen LogP contribution in [0.1, 0.15) is 71.4 Å². The summed E-state index contributed by atoms with van der Waals surface area (Å²) in [5, 5.41) is 3.36. The SMILES string of the molecule is CCCCCCCCCOc1ccc(CNC(C)C)nc1. The van der Waals surface area contributed by atoms with Crippen molar-refractivity contribution in [2.45, 2.75) is 78.3 Å². The molecule has 0 aromatic carbocycles. The third-order valence-electron chi connectivity index (χ3n) is 3.51. The molecule has 1 rings (SSSR count). The lowest BCUT2D eigenvalue weighted by Gasteiger charge is -2.09. The highest BCUT2D eigenvalue weighted by atomic mass is 16.5. The Bertz CT molecular complexity index is 349. The molecule has 0 amide bonds. The molecular weight excluding hydrogens is 260 g/mol. The highest BCUT2D eigenvalue weighted by Crippen LogP contribution is 2.11. The molecule has 0 aliphatic rings. The summed E-state index contributed by atoms with van der Waals surface area (Å²) in [4.78, 5) is 4.41. The Hall–Kier alpha value is -1.09. The summed E-state index contributed by atoms with van der Waals surface area (Å²) in [7, 11) is 0. The molecule has 0 aliphatic carbocycles. The first kappa shape index (κ1) is 18.0. The van der Waals surface area contributed by atoms with Crippen LogP contribution in [-0.2, 0) is 6.54 Å². The van der Waals surface area contributed by atoms with Crippen LogP contribution in [0.5, 0.6) is 5.75 Å². The average molecular weight is 292 g/mol. The first-order valence-corrected chi connectivity index (χ1v) is 8.53. The van der Waals surface area contributed by atoms with Crippen molar-refractivity contribution < 1.29 is 4.74 Å². The van der Waals surface area contributed by atoms with Gasteiger partial charge in [-0.1, -0.05) is 59.3 Å². The summed E-state index contributed by atoms with van der Waals surface area (Å²) in [6.45, 7) is 8.15. The van der Waals surface area contributed by atoms with Crippen LogP contribution in [0.3, 0.4) is 0 Å². The van der Waals surface area contributed by atoms with Gasteiger partial charge < -0.3 is 10.1 Å². The van der Waals surface area contributed by atoms with Gasteiger partial charge in [0.1, 0.15) is 5.75 Å². The van der Waals surface area contributed by atoms with Crippen LogP contribution in [0.2, 0.25) is 0 Å². The van der Waals surface area contributed by atoms with E-state index in [1.54, 1.807) is 0 Å². The number of rotatable bonds is 12. The predicted octanol–water partition coefficient (Wildman–Crippen LogP) is 4.71. The zero-order valence-electron chi connectivity index (χ0n) is 14.0. The number of aromatic nitrogens is 1. The zero-order chi connectivity index (χ0) is 15.3. The maximum absolute atomic E-state index is 5.73. The molecule has 0 spiro atoms. The Morgan fingerprint density at radius 2 is 1.76 bits per heavy atom. The lowest BCUT2D eigenvalue weighted by atomic mass is 10.1. The smallest absolute Gasteiger partial charge is 0.137 e. The molecule has 3 nitrogen and oxygen atoms in total. The van der Waals surface area contributed by atoms with E-state index >= 15 is 0 Å². The average Bonchev–Trinajstić information content (AvgIpc) is 2.49. The lowest BCUT2D eigenvalue weighted by molar-refractivity contribution is 0.303. The normalized spacial score (nSPS) is 11.0. The zero-order valence-corrected chi connectivity index (χ0v) is 14.0. The summed E-state index contributed by atoms with van der Waals surface area (Å²) >= 11 is 0. The Balaban J connectivity index is 2.07. The van der Waals surface area contributed by atoms with Crippen molar-refractivity contribution in [1.29, 1.82) is 0 Å². The molecule has 0 saturated carbocycles. The van der Waals surface area contributed by atoms with Gasteiger partial charge in [-0.05, 0) is 18.6 Å². The van der Waals surface area contributed by atoms with Crippen molar-refractivity contribution in [3.05, 3.63) is 24.0 Å². The van der Waals surface area contributed by atoms with E-state index in [0.717, 1.165) is 31.0 Å². The third-order valence-corrected chi connectivity index (χ3v) is 3.51. The van der Waals surface area contributed by atoms with Gasteiger partial charge in [0.05, 0.1) is 18.5 Å². The maximum atomic E-state index is 5.73. The molecule has 0 fully saturated rings. The minimum absolute atomic E-state index is 0.486. The van der Waals surface area contributed by atoms with Crippen molar-refractivity contribution in [2.75, 3.05) is 6.61 Å². The Morgan fingerprint density at radius 3 is 2.38 bits per heavy atom. The van der Waals surface area contributed by atoms with Gasteiger partial charge in [0.25, 0.3) is 0 Å². The van der Waals surface area contributed by atoms with E-state index in [0.29, 0.717) is 6.04 Å². The molecular formula is C18H32N2O. The molecule has 1 N–H and O–H groups in total. The molecule has 0 saturated heterocycles. The topological polar surface area (TPSA) is 34.1 Å². The standard InChI is InChI=1S/C18H32N2O/c1-4-5-6-7-8-9-10-13-21-18-12-11-17(20-15-18)14-19-16(2)3/h11-12,15-16,19H,4-10,13-14H2,1-3H3. The highest BCUT2D eigenvalue weighted by Gasteiger charge is 1.99. The molecule has 0 radical (unpaired) electrons. The summed E-state index contributed by atoms with van der Waals surface area (Å²) in [6.07, 6.45) is 11.0. The second kappa shape index (κ2) is 11.6. The summed E-state index contributed by atoms with van der Waals surface area (Å²) in [6, 6.07) is 4.54. The first-order chi connectivity index (χ1) is 10.2. The minimum atomic E-state index is 0.486. The van der Waals surface area contributed by atoms with Crippen LogP contribution in [0.25, 0.3) is 0 Å². The maximum Gasteiger partial charge on any atom is 0.137 e. The first-order valence-electron chi connectivity index (χ1n) is 8.53. The highest BCUT2D eigenvalue weighted by molar-refractivity contribution is 5.19. The van der Waals surface area contributed by atoms with Crippen molar-refractivity contribution in [2.24, 2.45) is 0 Å². The third kappa shape index (κ3) is 9.46. The fourth-order valence-electron chi connectivity index (χ4n) is 2.16. The lowest BCUT2D eigenvalue weighted by Crippen LogP contribution is -2.22. The van der Waals surface area contributed by atoms with Gasteiger partial charge in [0, 0.05) is 12.6 Å². The van der Waals surface area contributed by atoms with Crippen LogP contribution < -0.4 is 10.1 Å². The van der Waals surface area contributed by atoms with E-state index in [-0.39, 0.29) is 0 Å². The molecule has 1 aromatic heterocycles. The molecule has 0 atom stereocenters. The molecule has 120 valence electrons. The van der Waals surface area contributed by atoms with Crippen LogP contribution in [0, 0.1) is 0 Å². The number of ether oxygens (including phenoxy) is 1. The number of unbranched alkanes of at least 4 members (excludes halogenated alkanes) is 6. The van der Waals surface area contributed by atoms with Crippen LogP contribution in [0.4, 0.5) is 0 Å². The summed E-state index contributed by atoms with van der Waals surface area (Å²) in [5.41, 5.74) is 1.06. The Morgan fingerprint density at radius 1 is 1.05 bits per heavy atom. The van der Waals surface area contributed by atoms with Crippen LogP contribution in [-0.4, -0.2) is 17.6 Å². The Kier molecular flexibility index (Phi) is 9.88. The molecule has 3 heteroatoms. The van der Waals surface area contributed by atoms with Gasteiger partial charge in [-0.3, -0.25) is 4.98 Å². The van der Waals surface area contributed by atoms with Crippen molar-refractivity contribution in [3.8, 4) is 5.75 Å². The molecule has 0 bridgehead atoms. The van der Waals surface area contributed by atoms with E-state index in [9.17, 15) is 0 Å². The number of nitrogens with zero attached hydrogens (tertiary/aromatic N) is 1. The van der Waals surface area contributed by atoms with Crippen LogP contribution in [0.15, 0.2) is 18.3 Å². The van der Waals surface area contributed by atoms with Gasteiger partial charge in [-0.15, -0.1) is 0 Å². The minimum Gasteiger partial charge on any atom is -0.492 e. The predicted molar refractivity (Wildman–Crippen MR) is 89.7 cm³/mol. The van der Waals surface area contributed by atoms with E-state index in [2.05, 4.69) is 31.1 Å². The number of hydrogen-bond acceptors (Lipinski definition) is 3. The van der Waals surface area contributed by atoms with Crippen molar-refractivity contribution >= 4 is 0 Å². The van der Waals surface area contributed by atoms with Gasteiger partial charge in [0.15, 0.2) is 0 Å². The van der Waals surface area contributed by atoms with Gasteiger partial charge in [0.2, 0.25) is 0 Å². The number of nitrogens with one attached hydrogen (secondary N) is 1. The largest absolute Gasteiger partial charge is 0.492 e.